The number of hydrogen-bond donors (Lipinski definition) is 2. The van der Waals surface area contributed by atoms with Gasteiger partial charge in [-0.25, -0.2) is 0 Å². The van der Waals surface area contributed by atoms with Crippen LogP contribution in [0.3, 0.4) is 0 Å². The van der Waals surface area contributed by atoms with Gasteiger partial charge < -0.3 is 4.74 Å². The topological polar surface area (TPSA) is 67.4 Å². The Labute approximate surface area is 149 Å². The molecule has 0 saturated heterocycles. The summed E-state index contributed by atoms with van der Waals surface area (Å²) in [6.07, 6.45) is 0. The predicted molar refractivity (Wildman–Crippen MR) is 96.5 cm³/mol. The van der Waals surface area contributed by atoms with Crippen LogP contribution in [0, 0.1) is 0 Å². The third-order valence-corrected chi connectivity index (χ3v) is 3.79. The highest BCUT2D eigenvalue weighted by molar-refractivity contribution is 6.30. The lowest BCUT2D eigenvalue weighted by Crippen LogP contribution is -2.43. The average molecular weight is 355 g/mol. The van der Waals surface area contributed by atoms with Crippen molar-refractivity contribution in [2.24, 2.45) is 0 Å². The van der Waals surface area contributed by atoms with E-state index in [-0.39, 0.29) is 6.61 Å². The smallest absolute Gasteiger partial charge is 0.276 e. The molecule has 0 atom stereocenters. The van der Waals surface area contributed by atoms with Crippen LogP contribution in [0.25, 0.3) is 10.8 Å². The number of carbonyl (C=O) groups is 2. The molecule has 25 heavy (non-hydrogen) atoms. The van der Waals surface area contributed by atoms with Crippen molar-refractivity contribution in [1.82, 2.24) is 10.9 Å². The maximum Gasteiger partial charge on any atom is 0.276 e. The molecule has 0 radical (unpaired) electrons. The molecule has 6 heteroatoms. The Hall–Kier alpha value is -3.05. The van der Waals surface area contributed by atoms with Crippen molar-refractivity contribution >= 4 is 34.2 Å². The van der Waals surface area contributed by atoms with Crippen LogP contribution in [0.1, 0.15) is 10.4 Å². The molecule has 5 nitrogen and oxygen atoms in total. The first-order valence-corrected chi connectivity index (χ1v) is 7.96. The van der Waals surface area contributed by atoms with E-state index in [0.717, 1.165) is 10.8 Å². The molecule has 2 amide bonds. The van der Waals surface area contributed by atoms with Crippen LogP contribution in [0.2, 0.25) is 5.02 Å². The van der Waals surface area contributed by atoms with Gasteiger partial charge in [-0.05, 0) is 41.1 Å². The van der Waals surface area contributed by atoms with Crippen LogP contribution < -0.4 is 15.6 Å². The van der Waals surface area contributed by atoms with E-state index in [4.69, 9.17) is 16.3 Å². The highest BCUT2D eigenvalue weighted by Gasteiger charge is 2.11. The van der Waals surface area contributed by atoms with Crippen molar-refractivity contribution in [2.75, 3.05) is 6.61 Å². The standard InChI is InChI=1S/C19H15ClN2O3/c20-14-8-10-15(11-9-14)25-12-18(23)21-22-19(24)17-7-3-5-13-4-1-2-6-16(13)17/h1-11H,12H2,(H,21,23)(H,22,24). The first-order chi connectivity index (χ1) is 12.1. The van der Waals surface area contributed by atoms with Crippen molar-refractivity contribution in [3.05, 3.63) is 77.3 Å². The zero-order chi connectivity index (χ0) is 17.6. The number of hydrogen-bond acceptors (Lipinski definition) is 3. The Morgan fingerprint density at radius 1 is 0.880 bits per heavy atom. The van der Waals surface area contributed by atoms with E-state index < -0.39 is 11.8 Å². The van der Waals surface area contributed by atoms with Crippen LogP contribution >= 0.6 is 11.6 Å². The zero-order valence-corrected chi connectivity index (χ0v) is 13.9. The van der Waals surface area contributed by atoms with Gasteiger partial charge in [0.2, 0.25) is 0 Å². The highest BCUT2D eigenvalue weighted by Crippen LogP contribution is 2.18. The van der Waals surface area contributed by atoms with Crippen molar-refractivity contribution < 1.29 is 14.3 Å². The summed E-state index contributed by atoms with van der Waals surface area (Å²) in [6.45, 7) is -0.225. The fraction of sp³-hybridized carbons (Fsp3) is 0.0526. The molecule has 126 valence electrons. The average Bonchev–Trinajstić information content (AvgIpc) is 2.65. The Kier molecular flexibility index (Phi) is 5.16. The molecule has 0 heterocycles. The second-order valence-electron chi connectivity index (χ2n) is 5.27. The molecule has 3 rings (SSSR count). The van der Waals surface area contributed by atoms with E-state index in [1.54, 1.807) is 36.4 Å². The van der Waals surface area contributed by atoms with Gasteiger partial charge in [-0.1, -0.05) is 48.0 Å². The molecule has 0 bridgehead atoms. The number of fused-ring (bicyclic) bond motifs is 1. The van der Waals surface area contributed by atoms with Gasteiger partial charge in [-0.3, -0.25) is 20.4 Å². The number of amides is 2. The molecule has 0 saturated carbocycles. The predicted octanol–water partition coefficient (Wildman–Crippen LogP) is 3.33. The maximum atomic E-state index is 12.3. The fourth-order valence-electron chi connectivity index (χ4n) is 2.33. The minimum absolute atomic E-state index is 0.225. The maximum absolute atomic E-state index is 12.3. The van der Waals surface area contributed by atoms with E-state index in [1.165, 1.54) is 0 Å². The van der Waals surface area contributed by atoms with Gasteiger partial charge in [0, 0.05) is 10.6 Å². The third kappa shape index (κ3) is 4.28. The van der Waals surface area contributed by atoms with E-state index in [2.05, 4.69) is 10.9 Å². The minimum Gasteiger partial charge on any atom is -0.484 e. The fourth-order valence-corrected chi connectivity index (χ4v) is 2.46. The molecule has 0 spiro atoms. The second kappa shape index (κ2) is 7.68. The summed E-state index contributed by atoms with van der Waals surface area (Å²) in [5.74, 6) is -0.347. The Morgan fingerprint density at radius 3 is 2.40 bits per heavy atom. The first-order valence-electron chi connectivity index (χ1n) is 7.59. The van der Waals surface area contributed by atoms with Crippen LogP contribution in [0.4, 0.5) is 0 Å². The zero-order valence-electron chi connectivity index (χ0n) is 13.2. The third-order valence-electron chi connectivity index (χ3n) is 3.53. The lowest BCUT2D eigenvalue weighted by atomic mass is 10.0. The lowest BCUT2D eigenvalue weighted by Gasteiger charge is -2.10. The number of halogens is 1. The molecule has 0 aliphatic rings. The van der Waals surface area contributed by atoms with Gasteiger partial charge in [-0.2, -0.15) is 0 Å². The molecule has 0 aliphatic heterocycles. The van der Waals surface area contributed by atoms with Gasteiger partial charge in [0.05, 0.1) is 0 Å². The van der Waals surface area contributed by atoms with E-state index in [9.17, 15) is 9.59 Å². The number of ether oxygens (including phenoxy) is 1. The largest absolute Gasteiger partial charge is 0.484 e. The summed E-state index contributed by atoms with van der Waals surface area (Å²) < 4.78 is 5.31. The molecule has 0 aromatic heterocycles. The van der Waals surface area contributed by atoms with Gasteiger partial charge in [0.25, 0.3) is 11.8 Å². The summed E-state index contributed by atoms with van der Waals surface area (Å²) in [6, 6.07) is 19.6. The first kappa shape index (κ1) is 16.8. The van der Waals surface area contributed by atoms with Gasteiger partial charge in [-0.15, -0.1) is 0 Å². The molecule has 0 aliphatic carbocycles. The number of rotatable bonds is 4. The summed E-state index contributed by atoms with van der Waals surface area (Å²) in [7, 11) is 0. The number of benzene rings is 3. The highest BCUT2D eigenvalue weighted by atomic mass is 35.5. The van der Waals surface area contributed by atoms with E-state index in [0.29, 0.717) is 16.3 Å². The molecule has 0 fully saturated rings. The number of nitrogens with one attached hydrogen (secondary N) is 2. The quantitative estimate of drug-likeness (QED) is 0.706. The molecular weight excluding hydrogens is 340 g/mol. The Morgan fingerprint density at radius 2 is 1.60 bits per heavy atom. The van der Waals surface area contributed by atoms with Crippen LogP contribution in [-0.2, 0) is 4.79 Å². The lowest BCUT2D eigenvalue weighted by molar-refractivity contribution is -0.123. The Bertz CT molecular complexity index is 905. The van der Waals surface area contributed by atoms with Crippen molar-refractivity contribution in [3.63, 3.8) is 0 Å². The second-order valence-corrected chi connectivity index (χ2v) is 5.71. The SMILES string of the molecule is O=C(COc1ccc(Cl)cc1)NNC(=O)c1cccc2ccccc12. The molecule has 2 N–H and O–H groups in total. The van der Waals surface area contributed by atoms with E-state index >= 15 is 0 Å². The van der Waals surface area contributed by atoms with E-state index in [1.807, 2.05) is 30.3 Å². The molecule has 3 aromatic carbocycles. The van der Waals surface area contributed by atoms with Gasteiger partial charge in [0.15, 0.2) is 6.61 Å². The molecular formula is C19H15ClN2O3. The number of hydrazine groups is 1. The minimum atomic E-state index is -0.469. The summed E-state index contributed by atoms with van der Waals surface area (Å²) >= 11 is 5.78. The summed E-state index contributed by atoms with van der Waals surface area (Å²) in [4.78, 5) is 24.1. The number of carbonyl (C=O) groups excluding carboxylic acids is 2. The van der Waals surface area contributed by atoms with Crippen LogP contribution in [0.5, 0.6) is 5.75 Å². The van der Waals surface area contributed by atoms with Crippen molar-refractivity contribution in [1.29, 1.82) is 0 Å². The Balaban J connectivity index is 1.56. The van der Waals surface area contributed by atoms with Crippen LogP contribution in [-0.4, -0.2) is 18.4 Å². The molecule has 0 unspecified atom stereocenters. The van der Waals surface area contributed by atoms with Crippen molar-refractivity contribution in [3.8, 4) is 5.75 Å². The van der Waals surface area contributed by atoms with Gasteiger partial charge in [0.1, 0.15) is 5.75 Å². The van der Waals surface area contributed by atoms with Crippen molar-refractivity contribution in [2.45, 2.75) is 0 Å². The van der Waals surface area contributed by atoms with Gasteiger partial charge >= 0.3 is 0 Å². The molecule has 3 aromatic rings. The monoisotopic (exact) mass is 354 g/mol. The summed E-state index contributed by atoms with van der Waals surface area (Å²) in [5, 5.41) is 2.35. The normalized spacial score (nSPS) is 10.3. The summed E-state index contributed by atoms with van der Waals surface area (Å²) in [5.41, 5.74) is 5.22. The van der Waals surface area contributed by atoms with Crippen LogP contribution in [0.15, 0.2) is 66.7 Å².